The number of phenols is 1. The van der Waals surface area contributed by atoms with Crippen molar-refractivity contribution in [1.29, 1.82) is 0 Å². The van der Waals surface area contributed by atoms with Crippen molar-refractivity contribution in [2.24, 2.45) is 5.73 Å². The minimum absolute atomic E-state index is 0.00615. The number of likely N-dealkylation sites (N-methyl/N-ethyl adjacent to an activating group) is 1. The largest absolute Gasteiger partial charge is 0.508 e. The van der Waals surface area contributed by atoms with Crippen molar-refractivity contribution < 1.29 is 38.6 Å². The van der Waals surface area contributed by atoms with E-state index >= 15 is 0 Å². The summed E-state index contributed by atoms with van der Waals surface area (Å²) in [5.74, 6) is -2.76. The Labute approximate surface area is 216 Å². The zero-order chi connectivity index (χ0) is 28.2. The maximum absolute atomic E-state index is 13.7. The van der Waals surface area contributed by atoms with Crippen LogP contribution in [0.1, 0.15) is 65.5 Å². The van der Waals surface area contributed by atoms with Crippen molar-refractivity contribution in [1.82, 2.24) is 15.5 Å². The fraction of sp³-hybridized carbons (Fsp3) is 0.560. The molecule has 0 heterocycles. The second-order valence-corrected chi connectivity index (χ2v) is 9.14. The number of amides is 4. The molecule has 2 atom stereocenters. The first-order valence-electron chi connectivity index (χ1n) is 12.1. The van der Waals surface area contributed by atoms with E-state index in [2.05, 4.69) is 10.6 Å². The number of nitrogens with zero attached hydrogens (tertiary/aromatic N) is 1. The molecule has 1 aromatic rings. The van der Waals surface area contributed by atoms with Gasteiger partial charge >= 0.3 is 12.1 Å². The Morgan fingerprint density at radius 1 is 1.08 bits per heavy atom. The van der Waals surface area contributed by atoms with Gasteiger partial charge in [-0.15, -0.1) is 0 Å². The van der Waals surface area contributed by atoms with Gasteiger partial charge < -0.3 is 35.8 Å². The molecule has 0 saturated heterocycles. The summed E-state index contributed by atoms with van der Waals surface area (Å²) < 4.78 is 10.1. The van der Waals surface area contributed by atoms with Gasteiger partial charge in [0.2, 0.25) is 17.7 Å². The number of nitrogens with one attached hydrogen (secondary N) is 2. The van der Waals surface area contributed by atoms with E-state index in [0.29, 0.717) is 0 Å². The Hall–Kier alpha value is -3.83. The Morgan fingerprint density at radius 2 is 1.73 bits per heavy atom. The molecule has 0 aromatic heterocycles. The van der Waals surface area contributed by atoms with Crippen LogP contribution in [0.2, 0.25) is 0 Å². The van der Waals surface area contributed by atoms with Crippen LogP contribution in [0, 0.1) is 0 Å². The topological polar surface area (TPSA) is 177 Å². The molecule has 206 valence electrons. The summed E-state index contributed by atoms with van der Waals surface area (Å²) >= 11 is 0. The lowest BCUT2D eigenvalue weighted by molar-refractivity contribution is -0.144. The normalized spacial score (nSPS) is 12.6. The zero-order valence-corrected chi connectivity index (χ0v) is 22.0. The molecule has 0 aliphatic rings. The third kappa shape index (κ3) is 10.8. The van der Waals surface area contributed by atoms with Gasteiger partial charge in [0.15, 0.2) is 0 Å². The van der Waals surface area contributed by atoms with E-state index < -0.39 is 47.5 Å². The Kier molecular flexibility index (Phi) is 12.4. The van der Waals surface area contributed by atoms with Crippen LogP contribution in [0.4, 0.5) is 4.79 Å². The lowest BCUT2D eigenvalue weighted by Gasteiger charge is -2.34. The minimum Gasteiger partial charge on any atom is -0.508 e. The highest BCUT2D eigenvalue weighted by Gasteiger charge is 2.36. The first-order chi connectivity index (χ1) is 17.3. The lowest BCUT2D eigenvalue weighted by Crippen LogP contribution is -2.53. The average Bonchev–Trinajstić information content (AvgIpc) is 2.79. The quantitative estimate of drug-likeness (QED) is 0.282. The molecular formula is C25H38N4O8. The van der Waals surface area contributed by atoms with E-state index in [9.17, 15) is 29.1 Å². The smallest absolute Gasteiger partial charge is 0.408 e. The molecule has 5 N–H and O–H groups in total. The Bertz CT molecular complexity index is 960. The second kappa shape index (κ2) is 14.7. The van der Waals surface area contributed by atoms with Gasteiger partial charge in [0.05, 0.1) is 13.0 Å². The number of carbonyl (C=O) groups is 5. The summed E-state index contributed by atoms with van der Waals surface area (Å²) in [6, 6.07) is 3.46. The highest BCUT2D eigenvalue weighted by atomic mass is 16.6. The van der Waals surface area contributed by atoms with E-state index in [1.807, 2.05) is 0 Å². The fourth-order valence-electron chi connectivity index (χ4n) is 3.45. The monoisotopic (exact) mass is 522 g/mol. The molecule has 2 unspecified atom stereocenters. The Morgan fingerprint density at radius 3 is 2.27 bits per heavy atom. The van der Waals surface area contributed by atoms with Crippen molar-refractivity contribution in [2.75, 3.05) is 19.7 Å². The number of hydrogen-bond acceptors (Lipinski definition) is 8. The number of benzene rings is 1. The number of alkyl carbamates (subject to hydrolysis) is 1. The van der Waals surface area contributed by atoms with Crippen LogP contribution in [0.5, 0.6) is 5.75 Å². The molecule has 0 aliphatic carbocycles. The van der Waals surface area contributed by atoms with E-state index in [4.69, 9.17) is 15.2 Å². The van der Waals surface area contributed by atoms with Crippen LogP contribution in [0.25, 0.3) is 0 Å². The Balaban J connectivity index is 3.30. The summed E-state index contributed by atoms with van der Waals surface area (Å²) in [6.45, 7) is 8.38. The maximum atomic E-state index is 13.7. The fourth-order valence-corrected chi connectivity index (χ4v) is 3.45. The molecule has 0 aliphatic heterocycles. The molecule has 0 radical (unpaired) electrons. The summed E-state index contributed by atoms with van der Waals surface area (Å²) in [4.78, 5) is 63.6. The summed E-state index contributed by atoms with van der Waals surface area (Å²) in [5, 5.41) is 15.5. The molecule has 37 heavy (non-hydrogen) atoms. The lowest BCUT2D eigenvalue weighted by atomic mass is 10.0. The number of hydrogen-bond donors (Lipinski definition) is 4. The number of aromatic hydroxyl groups is 1. The number of rotatable bonds is 13. The van der Waals surface area contributed by atoms with Crippen molar-refractivity contribution in [3.05, 3.63) is 29.8 Å². The zero-order valence-electron chi connectivity index (χ0n) is 22.0. The van der Waals surface area contributed by atoms with E-state index in [-0.39, 0.29) is 50.3 Å². The molecule has 0 spiro atoms. The van der Waals surface area contributed by atoms with Gasteiger partial charge in [-0.2, -0.15) is 0 Å². The van der Waals surface area contributed by atoms with Gasteiger partial charge in [-0.05, 0) is 47.1 Å². The standard InChI is InChI=1S/C25H38N4O8/c1-6-29(23(34)17(12-13-19(26)31)28-24(35)37-25(3,4)5)21(16-10-8-9-11-18(16)30)22(33)27-15-14-20(32)36-7-2/h8-11,17,21,30H,6-7,12-15H2,1-5H3,(H2,26,31)(H,27,33)(H,28,35). The second-order valence-electron chi connectivity index (χ2n) is 9.14. The van der Waals surface area contributed by atoms with E-state index in [1.54, 1.807) is 46.8 Å². The van der Waals surface area contributed by atoms with Crippen LogP contribution in [-0.4, -0.2) is 71.1 Å². The van der Waals surface area contributed by atoms with Crippen LogP contribution >= 0.6 is 0 Å². The highest BCUT2D eigenvalue weighted by molar-refractivity contribution is 5.93. The minimum atomic E-state index is -1.31. The molecule has 1 rings (SSSR count). The van der Waals surface area contributed by atoms with Crippen LogP contribution in [0.3, 0.4) is 0 Å². The summed E-state index contributed by atoms with van der Waals surface area (Å²) in [6.07, 6.45) is -1.32. The summed E-state index contributed by atoms with van der Waals surface area (Å²) in [7, 11) is 0. The first kappa shape index (κ1) is 31.2. The van der Waals surface area contributed by atoms with Crippen LogP contribution in [-0.2, 0) is 28.7 Å². The molecule has 4 amide bonds. The van der Waals surface area contributed by atoms with Gasteiger partial charge in [0.25, 0.3) is 0 Å². The first-order valence-corrected chi connectivity index (χ1v) is 12.1. The van der Waals surface area contributed by atoms with Crippen molar-refractivity contribution in [3.8, 4) is 5.75 Å². The number of para-hydroxylation sites is 1. The van der Waals surface area contributed by atoms with Crippen molar-refractivity contribution in [2.45, 2.75) is 71.6 Å². The molecule has 12 heteroatoms. The maximum Gasteiger partial charge on any atom is 0.408 e. The predicted octanol–water partition coefficient (Wildman–Crippen LogP) is 1.51. The number of carbonyl (C=O) groups excluding carboxylic acids is 5. The van der Waals surface area contributed by atoms with Crippen molar-refractivity contribution >= 4 is 29.8 Å². The molecule has 12 nitrogen and oxygen atoms in total. The SMILES string of the molecule is CCOC(=O)CCNC(=O)C(c1ccccc1O)N(CC)C(=O)C(CCC(N)=O)NC(=O)OC(C)(C)C. The molecule has 0 fully saturated rings. The molecular weight excluding hydrogens is 484 g/mol. The predicted molar refractivity (Wildman–Crippen MR) is 134 cm³/mol. The van der Waals surface area contributed by atoms with Gasteiger partial charge in [-0.25, -0.2) is 4.79 Å². The van der Waals surface area contributed by atoms with Crippen LogP contribution < -0.4 is 16.4 Å². The third-order valence-electron chi connectivity index (χ3n) is 5.02. The summed E-state index contributed by atoms with van der Waals surface area (Å²) in [5.41, 5.74) is 4.55. The highest BCUT2D eigenvalue weighted by Crippen LogP contribution is 2.29. The van der Waals surface area contributed by atoms with E-state index in [0.717, 1.165) is 4.90 Å². The number of phenolic OH excluding ortho intramolecular Hbond substituents is 1. The van der Waals surface area contributed by atoms with Crippen molar-refractivity contribution in [3.63, 3.8) is 0 Å². The van der Waals surface area contributed by atoms with Gasteiger partial charge in [-0.1, -0.05) is 18.2 Å². The average molecular weight is 523 g/mol. The number of primary amides is 1. The number of ether oxygens (including phenoxy) is 2. The molecule has 0 saturated carbocycles. The van der Waals surface area contributed by atoms with Gasteiger partial charge in [0, 0.05) is 25.1 Å². The third-order valence-corrected chi connectivity index (χ3v) is 5.02. The van der Waals surface area contributed by atoms with Gasteiger partial charge in [0.1, 0.15) is 23.4 Å². The molecule has 1 aromatic carbocycles. The number of nitrogens with two attached hydrogens (primary N) is 1. The number of esters is 1. The van der Waals surface area contributed by atoms with E-state index in [1.165, 1.54) is 12.1 Å². The van der Waals surface area contributed by atoms with Gasteiger partial charge in [-0.3, -0.25) is 19.2 Å². The molecule has 0 bridgehead atoms. The van der Waals surface area contributed by atoms with Crippen LogP contribution in [0.15, 0.2) is 24.3 Å².